The topological polar surface area (TPSA) is 58.2 Å². The molecule has 0 bridgehead atoms. The molecule has 0 aliphatic heterocycles. The number of nitrogens with one attached hydrogen (secondary N) is 2. The molecule has 0 aromatic heterocycles. The van der Waals surface area contributed by atoms with E-state index < -0.39 is 0 Å². The SMILES string of the molecule is O=C(CNC(=O)c1ccccc1)NCCSc1ccc(Br)cc1. The maximum atomic E-state index is 11.8. The Morgan fingerprint density at radius 2 is 1.65 bits per heavy atom. The van der Waals surface area contributed by atoms with Crippen molar-refractivity contribution in [2.45, 2.75) is 4.90 Å². The molecule has 0 spiro atoms. The number of hydrogen-bond acceptors (Lipinski definition) is 3. The van der Waals surface area contributed by atoms with Gasteiger partial charge in [-0.05, 0) is 36.4 Å². The van der Waals surface area contributed by atoms with Crippen LogP contribution < -0.4 is 10.6 Å². The van der Waals surface area contributed by atoms with E-state index >= 15 is 0 Å². The van der Waals surface area contributed by atoms with Crippen molar-refractivity contribution < 1.29 is 9.59 Å². The van der Waals surface area contributed by atoms with Crippen molar-refractivity contribution in [3.63, 3.8) is 0 Å². The van der Waals surface area contributed by atoms with Gasteiger partial charge in [0, 0.05) is 27.2 Å². The molecule has 0 aliphatic carbocycles. The molecule has 23 heavy (non-hydrogen) atoms. The molecule has 2 amide bonds. The van der Waals surface area contributed by atoms with Crippen molar-refractivity contribution in [2.75, 3.05) is 18.8 Å². The zero-order chi connectivity index (χ0) is 16.5. The second-order valence-electron chi connectivity index (χ2n) is 4.70. The lowest BCUT2D eigenvalue weighted by Gasteiger charge is -2.07. The lowest BCUT2D eigenvalue weighted by atomic mass is 10.2. The predicted molar refractivity (Wildman–Crippen MR) is 96.7 cm³/mol. The fourth-order valence-corrected chi connectivity index (χ4v) is 2.84. The summed E-state index contributed by atoms with van der Waals surface area (Å²) in [5.74, 6) is 0.343. The van der Waals surface area contributed by atoms with E-state index in [1.54, 1.807) is 36.0 Å². The second kappa shape index (κ2) is 9.37. The number of rotatable bonds is 7. The van der Waals surface area contributed by atoms with Gasteiger partial charge in [-0.2, -0.15) is 0 Å². The van der Waals surface area contributed by atoms with Crippen molar-refractivity contribution >= 4 is 39.5 Å². The summed E-state index contributed by atoms with van der Waals surface area (Å²) >= 11 is 5.06. The number of hydrogen-bond donors (Lipinski definition) is 2. The van der Waals surface area contributed by atoms with Crippen LogP contribution in [0.2, 0.25) is 0 Å². The Morgan fingerprint density at radius 3 is 2.35 bits per heavy atom. The van der Waals surface area contributed by atoms with Gasteiger partial charge in [0.2, 0.25) is 5.91 Å². The zero-order valence-corrected chi connectivity index (χ0v) is 14.8. The molecule has 0 saturated heterocycles. The molecule has 0 atom stereocenters. The van der Waals surface area contributed by atoms with Crippen LogP contribution in [0.1, 0.15) is 10.4 Å². The highest BCUT2D eigenvalue weighted by Crippen LogP contribution is 2.19. The van der Waals surface area contributed by atoms with E-state index in [1.807, 2.05) is 30.3 Å². The van der Waals surface area contributed by atoms with E-state index in [-0.39, 0.29) is 18.4 Å². The third-order valence-corrected chi connectivity index (χ3v) is 4.49. The molecule has 2 aromatic carbocycles. The third-order valence-electron chi connectivity index (χ3n) is 2.95. The first kappa shape index (κ1) is 17.6. The number of carbonyl (C=O) groups is 2. The molecule has 120 valence electrons. The summed E-state index contributed by atoms with van der Waals surface area (Å²) < 4.78 is 1.05. The minimum atomic E-state index is -0.245. The van der Waals surface area contributed by atoms with Gasteiger partial charge in [0.25, 0.3) is 5.91 Å². The number of amides is 2. The summed E-state index contributed by atoms with van der Waals surface area (Å²) in [6, 6.07) is 16.9. The van der Waals surface area contributed by atoms with Crippen LogP contribution in [0, 0.1) is 0 Å². The highest BCUT2D eigenvalue weighted by molar-refractivity contribution is 9.10. The van der Waals surface area contributed by atoms with Gasteiger partial charge in [-0.25, -0.2) is 0 Å². The quantitative estimate of drug-likeness (QED) is 0.562. The molecule has 2 aromatic rings. The van der Waals surface area contributed by atoms with Gasteiger partial charge in [0.05, 0.1) is 6.54 Å². The first-order valence-corrected chi connectivity index (χ1v) is 8.91. The van der Waals surface area contributed by atoms with Gasteiger partial charge in [0.1, 0.15) is 0 Å². The Kier molecular flexibility index (Phi) is 7.16. The molecule has 0 saturated carbocycles. The molecule has 2 rings (SSSR count). The summed E-state index contributed by atoms with van der Waals surface area (Å²) in [5.41, 5.74) is 0.547. The van der Waals surface area contributed by atoms with Crippen LogP contribution in [0.5, 0.6) is 0 Å². The average molecular weight is 393 g/mol. The molecular formula is C17H17BrN2O2S. The first-order valence-electron chi connectivity index (χ1n) is 7.13. The summed E-state index contributed by atoms with van der Waals surface area (Å²) in [7, 11) is 0. The molecule has 0 aliphatic rings. The van der Waals surface area contributed by atoms with Crippen LogP contribution >= 0.6 is 27.7 Å². The highest BCUT2D eigenvalue weighted by Gasteiger charge is 2.06. The van der Waals surface area contributed by atoms with Crippen molar-refractivity contribution in [1.82, 2.24) is 10.6 Å². The maximum absolute atomic E-state index is 11.8. The van der Waals surface area contributed by atoms with Crippen molar-refractivity contribution in [3.05, 3.63) is 64.6 Å². The fraction of sp³-hybridized carbons (Fsp3) is 0.176. The number of carbonyl (C=O) groups excluding carboxylic acids is 2. The predicted octanol–water partition coefficient (Wildman–Crippen LogP) is 3.09. The lowest BCUT2D eigenvalue weighted by Crippen LogP contribution is -2.37. The van der Waals surface area contributed by atoms with Crippen molar-refractivity contribution in [3.8, 4) is 0 Å². The molecule has 6 heteroatoms. The smallest absolute Gasteiger partial charge is 0.251 e. The molecule has 2 N–H and O–H groups in total. The van der Waals surface area contributed by atoms with Gasteiger partial charge >= 0.3 is 0 Å². The molecule has 0 unspecified atom stereocenters. The lowest BCUT2D eigenvalue weighted by molar-refractivity contribution is -0.120. The van der Waals surface area contributed by atoms with E-state index in [9.17, 15) is 9.59 Å². The summed E-state index contributed by atoms with van der Waals surface area (Å²) in [4.78, 5) is 24.6. The average Bonchev–Trinajstić information content (AvgIpc) is 2.59. The third kappa shape index (κ3) is 6.46. The Bertz CT molecular complexity index is 647. The van der Waals surface area contributed by atoms with Gasteiger partial charge < -0.3 is 10.6 Å². The highest BCUT2D eigenvalue weighted by atomic mass is 79.9. The van der Waals surface area contributed by atoms with Crippen LogP contribution in [0.3, 0.4) is 0 Å². The van der Waals surface area contributed by atoms with Crippen LogP contribution in [-0.2, 0) is 4.79 Å². The molecule has 0 radical (unpaired) electrons. The summed E-state index contributed by atoms with van der Waals surface area (Å²) in [5, 5.41) is 5.39. The normalized spacial score (nSPS) is 10.1. The monoisotopic (exact) mass is 392 g/mol. The van der Waals surface area contributed by atoms with Crippen LogP contribution in [0.15, 0.2) is 64.0 Å². The Balaban J connectivity index is 1.62. The van der Waals surface area contributed by atoms with Crippen molar-refractivity contribution in [1.29, 1.82) is 0 Å². The van der Waals surface area contributed by atoms with Gasteiger partial charge in [-0.3, -0.25) is 9.59 Å². The second-order valence-corrected chi connectivity index (χ2v) is 6.79. The van der Waals surface area contributed by atoms with E-state index in [0.717, 1.165) is 15.1 Å². The maximum Gasteiger partial charge on any atom is 0.251 e. The summed E-state index contributed by atoms with van der Waals surface area (Å²) in [6.45, 7) is 0.539. The largest absolute Gasteiger partial charge is 0.354 e. The van der Waals surface area contributed by atoms with E-state index in [1.165, 1.54) is 0 Å². The van der Waals surface area contributed by atoms with Gasteiger partial charge in [-0.1, -0.05) is 34.1 Å². The summed E-state index contributed by atoms with van der Waals surface area (Å²) in [6.07, 6.45) is 0. The minimum Gasteiger partial charge on any atom is -0.354 e. The first-order chi connectivity index (χ1) is 11.1. The Morgan fingerprint density at radius 1 is 0.957 bits per heavy atom. The Labute approximate surface area is 148 Å². The number of benzene rings is 2. The van der Waals surface area contributed by atoms with Crippen LogP contribution in [0.25, 0.3) is 0 Å². The van der Waals surface area contributed by atoms with Gasteiger partial charge in [-0.15, -0.1) is 11.8 Å². The van der Waals surface area contributed by atoms with E-state index in [0.29, 0.717) is 12.1 Å². The van der Waals surface area contributed by atoms with Crippen molar-refractivity contribution in [2.24, 2.45) is 0 Å². The Hall–Kier alpha value is -1.79. The van der Waals surface area contributed by atoms with E-state index in [4.69, 9.17) is 0 Å². The van der Waals surface area contributed by atoms with Gasteiger partial charge in [0.15, 0.2) is 0 Å². The van der Waals surface area contributed by atoms with Crippen LogP contribution in [-0.4, -0.2) is 30.7 Å². The molecule has 0 heterocycles. The standard InChI is InChI=1S/C17H17BrN2O2S/c18-14-6-8-15(9-7-14)23-11-10-19-16(21)12-20-17(22)13-4-2-1-3-5-13/h1-9H,10-12H2,(H,19,21)(H,20,22). The van der Waals surface area contributed by atoms with E-state index in [2.05, 4.69) is 26.6 Å². The number of thioether (sulfide) groups is 1. The molecule has 4 nitrogen and oxygen atoms in total. The minimum absolute atomic E-state index is 0.0172. The number of halogens is 1. The molecule has 0 fully saturated rings. The zero-order valence-electron chi connectivity index (χ0n) is 12.4. The van der Waals surface area contributed by atoms with Crippen LogP contribution in [0.4, 0.5) is 0 Å². The fourth-order valence-electron chi connectivity index (χ4n) is 1.80. The molecular weight excluding hydrogens is 376 g/mol.